The molecule has 0 atom stereocenters. The van der Waals surface area contributed by atoms with Gasteiger partial charge in [-0.3, -0.25) is 9.59 Å². The minimum Gasteiger partial charge on any atom is -0.508 e. The fourth-order valence-corrected chi connectivity index (χ4v) is 2.70. The third-order valence-corrected chi connectivity index (χ3v) is 4.04. The first-order valence-corrected chi connectivity index (χ1v) is 12.1. The van der Waals surface area contributed by atoms with Gasteiger partial charge in [0.15, 0.2) is 11.6 Å². The smallest absolute Gasteiger partial charge is 0.197 e. The number of phenols is 2. The van der Waals surface area contributed by atoms with Gasteiger partial charge in [0.2, 0.25) is 0 Å². The highest BCUT2D eigenvalue weighted by Gasteiger charge is 2.23. The van der Waals surface area contributed by atoms with Gasteiger partial charge in [-0.1, -0.05) is 32.9 Å². The molecule has 0 saturated heterocycles. The van der Waals surface area contributed by atoms with Crippen LogP contribution in [0.15, 0.2) is 30.3 Å². The third-order valence-electron chi connectivity index (χ3n) is 4.04. The van der Waals surface area contributed by atoms with E-state index in [4.69, 9.17) is 21.7 Å². The van der Waals surface area contributed by atoms with E-state index in [9.17, 15) is 19.8 Å². The fraction of sp³-hybridized carbons (Fsp3) is 0.481. The number of ketones is 2. The van der Waals surface area contributed by atoms with E-state index in [-0.39, 0.29) is 41.6 Å². The number of nitrogens with one attached hydrogen (secondary N) is 1. The average Bonchev–Trinajstić information content (AvgIpc) is 2.84. The highest BCUT2D eigenvalue weighted by molar-refractivity contribution is 6.17. The zero-order chi connectivity index (χ0) is 28.7. The minimum absolute atomic E-state index is 0.0220. The van der Waals surface area contributed by atoms with Crippen molar-refractivity contribution in [2.45, 2.75) is 48.5 Å². The van der Waals surface area contributed by atoms with Crippen molar-refractivity contribution in [3.05, 3.63) is 58.1 Å². The molecule has 2 aromatic carbocycles. The number of aromatic hydroxyl groups is 2. The van der Waals surface area contributed by atoms with Crippen LogP contribution in [0.1, 0.15) is 72.0 Å². The molecule has 9 N–H and O–H groups in total. The molecule has 0 aliphatic rings. The predicted molar refractivity (Wildman–Crippen MR) is 147 cm³/mol. The van der Waals surface area contributed by atoms with Crippen molar-refractivity contribution >= 4 is 11.6 Å². The number of aliphatic hydroxyl groups excluding tert-OH is 2. The van der Waals surface area contributed by atoms with Crippen molar-refractivity contribution in [1.82, 2.24) is 5.32 Å². The van der Waals surface area contributed by atoms with E-state index >= 15 is 0 Å². The van der Waals surface area contributed by atoms with Crippen LogP contribution in [0.4, 0.5) is 0 Å². The lowest BCUT2D eigenvalue weighted by Crippen LogP contribution is -2.24. The lowest BCUT2D eigenvalue weighted by molar-refractivity contribution is 0.0988. The molecule has 9 nitrogen and oxygen atoms in total. The monoisotopic (exact) mass is 509 g/mol. The van der Waals surface area contributed by atoms with Gasteiger partial charge in [-0.15, -0.1) is 0 Å². The maximum Gasteiger partial charge on any atom is 0.197 e. The van der Waals surface area contributed by atoms with Crippen LogP contribution < -0.4 is 16.8 Å². The molecule has 0 bridgehead atoms. The standard InChI is InChI=1S/C17H16O4.C4H12N2O.C2H7N.C2H6O.C2H6/c1-9-4-5-10(2)16(15(9)11(3)18)17(21)13-8-12(19)6-7-14(13)20;5-1-2-6-3-4-7;2*1-2-3;1-2/h4-8,19-20H,1-3H3;6-7H,1-5H2;2-3H2,1H3;3H,2H2,1H3;1-2H3. The molecular weight excluding hydrogens is 462 g/mol. The molecule has 0 spiro atoms. The second-order valence-corrected chi connectivity index (χ2v) is 7.02. The Morgan fingerprint density at radius 3 is 1.78 bits per heavy atom. The number of phenolic OH excluding ortho intramolecular Hbond substituents is 2. The maximum absolute atomic E-state index is 12.7. The van der Waals surface area contributed by atoms with Gasteiger partial charge in [-0.25, -0.2) is 0 Å². The number of aryl methyl sites for hydroxylation is 2. The molecule has 36 heavy (non-hydrogen) atoms. The van der Waals surface area contributed by atoms with Gasteiger partial charge in [-0.05, 0) is 63.6 Å². The lowest BCUT2D eigenvalue weighted by Gasteiger charge is -2.13. The molecule has 0 radical (unpaired) electrons. The minimum atomic E-state index is -0.477. The summed E-state index contributed by atoms with van der Waals surface area (Å²) in [5.74, 6) is -1.03. The van der Waals surface area contributed by atoms with E-state index in [0.29, 0.717) is 29.8 Å². The molecule has 9 heteroatoms. The van der Waals surface area contributed by atoms with Gasteiger partial charge >= 0.3 is 0 Å². The summed E-state index contributed by atoms with van der Waals surface area (Å²) in [6.07, 6.45) is 0. The zero-order valence-corrected chi connectivity index (χ0v) is 22.9. The number of hydrogen-bond donors (Lipinski definition) is 7. The maximum atomic E-state index is 12.7. The van der Waals surface area contributed by atoms with Crippen LogP contribution >= 0.6 is 0 Å². The first-order chi connectivity index (χ1) is 17.1. The third kappa shape index (κ3) is 15.2. The zero-order valence-electron chi connectivity index (χ0n) is 22.9. The summed E-state index contributed by atoms with van der Waals surface area (Å²) in [6, 6.07) is 7.28. The summed E-state index contributed by atoms with van der Waals surface area (Å²) in [4.78, 5) is 24.6. The van der Waals surface area contributed by atoms with Gasteiger partial charge < -0.3 is 37.2 Å². The van der Waals surface area contributed by atoms with Crippen molar-refractivity contribution in [2.75, 3.05) is 39.4 Å². The highest BCUT2D eigenvalue weighted by Crippen LogP contribution is 2.28. The molecule has 0 aliphatic carbocycles. The Hall–Kier alpha value is -2.82. The summed E-state index contributed by atoms with van der Waals surface area (Å²) < 4.78 is 0. The van der Waals surface area contributed by atoms with Crippen LogP contribution in [-0.2, 0) is 0 Å². The molecule has 206 valence electrons. The normalized spacial score (nSPS) is 9.08. The summed E-state index contributed by atoms with van der Waals surface area (Å²) in [5.41, 5.74) is 11.9. The Morgan fingerprint density at radius 2 is 1.36 bits per heavy atom. The Balaban J connectivity index is -0.000000602. The van der Waals surface area contributed by atoms with Crippen molar-refractivity contribution < 1.29 is 30.0 Å². The molecule has 0 heterocycles. The molecule has 2 rings (SSSR count). The molecule has 0 aromatic heterocycles. The second-order valence-electron chi connectivity index (χ2n) is 7.02. The SMILES string of the molecule is CC.CC(=O)c1c(C)ccc(C)c1C(=O)c1cc(O)ccc1O.CCN.CCO.NCCNCCO. The van der Waals surface area contributed by atoms with Crippen LogP contribution in [0.3, 0.4) is 0 Å². The first-order valence-electron chi connectivity index (χ1n) is 12.1. The molecule has 0 fully saturated rings. The van der Waals surface area contributed by atoms with E-state index in [1.54, 1.807) is 32.9 Å². The van der Waals surface area contributed by atoms with E-state index in [2.05, 4.69) is 5.32 Å². The van der Waals surface area contributed by atoms with Gasteiger partial charge in [-0.2, -0.15) is 0 Å². The summed E-state index contributed by atoms with van der Waals surface area (Å²) in [7, 11) is 0. The fourth-order valence-electron chi connectivity index (χ4n) is 2.70. The predicted octanol–water partition coefficient (Wildman–Crippen LogP) is 2.67. The molecule has 0 unspecified atom stereocenters. The summed E-state index contributed by atoms with van der Waals surface area (Å²) in [5, 5.41) is 38.0. The van der Waals surface area contributed by atoms with E-state index < -0.39 is 5.78 Å². The first kappa shape index (κ1) is 37.7. The number of nitrogens with two attached hydrogens (primary N) is 2. The molecule has 0 saturated carbocycles. The van der Waals surface area contributed by atoms with Crippen LogP contribution in [0.2, 0.25) is 0 Å². The van der Waals surface area contributed by atoms with Crippen LogP contribution in [0, 0.1) is 13.8 Å². The van der Waals surface area contributed by atoms with Crippen molar-refractivity contribution in [1.29, 1.82) is 0 Å². The number of Topliss-reactive ketones (excluding diaryl/α,β-unsaturated/α-hetero) is 1. The molecule has 0 aliphatic heterocycles. The summed E-state index contributed by atoms with van der Waals surface area (Å²) >= 11 is 0. The van der Waals surface area contributed by atoms with Crippen LogP contribution in [0.5, 0.6) is 11.5 Å². The van der Waals surface area contributed by atoms with Crippen molar-refractivity contribution in [2.24, 2.45) is 11.5 Å². The van der Waals surface area contributed by atoms with E-state index in [1.807, 2.05) is 20.8 Å². The highest BCUT2D eigenvalue weighted by atomic mass is 16.3. The Bertz CT molecular complexity index is 867. The quantitative estimate of drug-likeness (QED) is 0.168. The largest absolute Gasteiger partial charge is 0.508 e. The van der Waals surface area contributed by atoms with Gasteiger partial charge in [0.1, 0.15) is 11.5 Å². The Labute approximate surface area is 216 Å². The Kier molecular flexibility index (Phi) is 25.0. The van der Waals surface area contributed by atoms with Gasteiger partial charge in [0, 0.05) is 37.4 Å². The Morgan fingerprint density at radius 1 is 0.889 bits per heavy atom. The topological polar surface area (TPSA) is 179 Å². The number of aliphatic hydroxyl groups is 2. The van der Waals surface area contributed by atoms with Gasteiger partial charge in [0.05, 0.1) is 12.2 Å². The molecular formula is C27H47N3O6. The molecule has 0 amide bonds. The second kappa shape index (κ2) is 23.9. The summed E-state index contributed by atoms with van der Waals surface area (Å²) in [6.45, 7) is 15.8. The van der Waals surface area contributed by atoms with Crippen molar-refractivity contribution in [3.63, 3.8) is 0 Å². The van der Waals surface area contributed by atoms with Crippen molar-refractivity contribution in [3.8, 4) is 11.5 Å². The van der Waals surface area contributed by atoms with Gasteiger partial charge in [0.25, 0.3) is 0 Å². The number of benzene rings is 2. The van der Waals surface area contributed by atoms with E-state index in [0.717, 1.165) is 13.1 Å². The lowest BCUT2D eigenvalue weighted by atomic mass is 9.89. The van der Waals surface area contributed by atoms with E-state index in [1.165, 1.54) is 25.1 Å². The number of hydrogen-bond acceptors (Lipinski definition) is 9. The average molecular weight is 510 g/mol. The number of rotatable bonds is 7. The number of carbonyl (C=O) groups excluding carboxylic acids is 2. The molecule has 2 aromatic rings. The van der Waals surface area contributed by atoms with Crippen LogP contribution in [0.25, 0.3) is 0 Å². The van der Waals surface area contributed by atoms with Crippen LogP contribution in [-0.4, -0.2) is 71.4 Å². The number of carbonyl (C=O) groups is 2.